The molecule has 1 aliphatic carbocycles. The first-order valence-corrected chi connectivity index (χ1v) is 11.9. The molecule has 2 aromatic heterocycles. The second-order valence-electron chi connectivity index (χ2n) is 7.04. The molecule has 1 aliphatic rings. The zero-order valence-electron chi connectivity index (χ0n) is 15.9. The van der Waals surface area contributed by atoms with Crippen molar-refractivity contribution < 1.29 is 4.79 Å². The van der Waals surface area contributed by atoms with E-state index < -0.39 is 0 Å². The summed E-state index contributed by atoms with van der Waals surface area (Å²) in [6.45, 7) is 0.587. The van der Waals surface area contributed by atoms with Gasteiger partial charge in [0.25, 0.3) is 5.56 Å². The van der Waals surface area contributed by atoms with Crippen LogP contribution < -0.4 is 5.56 Å². The molecular formula is C22H21ClN2O2S2. The Labute approximate surface area is 182 Å². The van der Waals surface area contributed by atoms with E-state index in [0.29, 0.717) is 31.8 Å². The quantitative estimate of drug-likeness (QED) is 0.195. The van der Waals surface area contributed by atoms with E-state index in [0.717, 1.165) is 19.3 Å². The topological polar surface area (TPSA) is 52.0 Å². The standard InChI is InChI=1S/C22H21ClN2O2S2/c23-20-11-10-19(29-20)18(26)14-28-22-24-17-9-5-4-8-16(17)21(27)25(22)13-12-15-6-2-1-3-7-15/h4-6,8-11H,1-3,7,12-14H2. The largest absolute Gasteiger partial charge is 0.292 e. The highest BCUT2D eigenvalue weighted by atomic mass is 35.5. The lowest BCUT2D eigenvalue weighted by Crippen LogP contribution is -2.24. The lowest BCUT2D eigenvalue weighted by molar-refractivity contribution is 0.102. The second-order valence-corrected chi connectivity index (χ2v) is 9.70. The molecule has 0 fully saturated rings. The summed E-state index contributed by atoms with van der Waals surface area (Å²) >= 11 is 8.54. The molecule has 0 atom stereocenters. The van der Waals surface area contributed by atoms with Crippen molar-refractivity contribution in [3.8, 4) is 0 Å². The summed E-state index contributed by atoms with van der Waals surface area (Å²) in [4.78, 5) is 31.0. The minimum absolute atomic E-state index is 0.00385. The third-order valence-corrected chi connectivity index (χ3v) is 7.30. The fourth-order valence-corrected chi connectivity index (χ4v) is 5.49. The number of halogens is 1. The Morgan fingerprint density at radius 3 is 2.83 bits per heavy atom. The summed E-state index contributed by atoms with van der Waals surface area (Å²) in [5.74, 6) is 0.223. The molecule has 0 amide bonds. The molecule has 4 rings (SSSR count). The van der Waals surface area contributed by atoms with Crippen molar-refractivity contribution in [1.29, 1.82) is 0 Å². The Morgan fingerprint density at radius 1 is 1.21 bits per heavy atom. The van der Waals surface area contributed by atoms with Gasteiger partial charge >= 0.3 is 0 Å². The average Bonchev–Trinajstić information content (AvgIpc) is 3.19. The van der Waals surface area contributed by atoms with Gasteiger partial charge in [-0.2, -0.15) is 0 Å². The highest BCUT2D eigenvalue weighted by Crippen LogP contribution is 2.26. The Kier molecular flexibility index (Phi) is 6.53. The van der Waals surface area contributed by atoms with E-state index in [4.69, 9.17) is 16.6 Å². The van der Waals surface area contributed by atoms with Crippen molar-refractivity contribution in [3.05, 3.63) is 67.6 Å². The van der Waals surface area contributed by atoms with Gasteiger partial charge < -0.3 is 0 Å². The number of rotatable bonds is 7. The van der Waals surface area contributed by atoms with Crippen LogP contribution in [-0.4, -0.2) is 21.1 Å². The first-order chi connectivity index (χ1) is 14.1. The lowest BCUT2D eigenvalue weighted by atomic mass is 9.97. The number of carbonyl (C=O) groups excluding carboxylic acids is 1. The van der Waals surface area contributed by atoms with Crippen LogP contribution in [0.3, 0.4) is 0 Å². The summed E-state index contributed by atoms with van der Waals surface area (Å²) in [5.41, 5.74) is 2.04. The second kappa shape index (κ2) is 9.28. The molecule has 150 valence electrons. The summed E-state index contributed by atoms with van der Waals surface area (Å²) < 4.78 is 2.33. The summed E-state index contributed by atoms with van der Waals surface area (Å²) in [6, 6.07) is 10.9. The maximum Gasteiger partial charge on any atom is 0.262 e. The van der Waals surface area contributed by atoms with Gasteiger partial charge in [0, 0.05) is 6.54 Å². The van der Waals surface area contributed by atoms with Crippen molar-refractivity contribution in [2.75, 3.05) is 5.75 Å². The number of ketones is 1. The van der Waals surface area contributed by atoms with Crippen molar-refractivity contribution in [2.45, 2.75) is 43.8 Å². The van der Waals surface area contributed by atoms with Crippen LogP contribution in [0.2, 0.25) is 4.34 Å². The number of hydrogen-bond donors (Lipinski definition) is 0. The highest BCUT2D eigenvalue weighted by molar-refractivity contribution is 7.99. The van der Waals surface area contributed by atoms with Gasteiger partial charge in [-0.1, -0.05) is 47.1 Å². The number of carbonyl (C=O) groups is 1. The van der Waals surface area contributed by atoms with Crippen LogP contribution in [0.4, 0.5) is 0 Å². The third kappa shape index (κ3) is 4.82. The molecule has 0 saturated carbocycles. The van der Waals surface area contributed by atoms with Gasteiger partial charge in [-0.15, -0.1) is 11.3 Å². The normalized spacial score (nSPS) is 14.2. The smallest absolute Gasteiger partial charge is 0.262 e. The average molecular weight is 445 g/mol. The highest BCUT2D eigenvalue weighted by Gasteiger charge is 2.16. The van der Waals surface area contributed by atoms with E-state index in [1.165, 1.54) is 41.5 Å². The maximum absolute atomic E-state index is 13.1. The summed E-state index contributed by atoms with van der Waals surface area (Å²) in [6.07, 6.45) is 7.85. The van der Waals surface area contributed by atoms with Crippen LogP contribution in [-0.2, 0) is 6.54 Å². The van der Waals surface area contributed by atoms with Crippen LogP contribution in [0.5, 0.6) is 0 Å². The number of benzene rings is 1. The van der Waals surface area contributed by atoms with E-state index in [1.54, 1.807) is 16.7 Å². The first kappa shape index (κ1) is 20.4. The number of thiophene rings is 1. The predicted molar refractivity (Wildman–Crippen MR) is 122 cm³/mol. The third-order valence-electron chi connectivity index (χ3n) is 5.05. The Hall–Kier alpha value is -1.89. The van der Waals surface area contributed by atoms with Crippen LogP contribution in [0, 0.1) is 0 Å². The Balaban J connectivity index is 1.60. The minimum atomic E-state index is -0.0406. The molecule has 4 nitrogen and oxygen atoms in total. The molecule has 0 unspecified atom stereocenters. The van der Waals surface area contributed by atoms with Crippen LogP contribution in [0.25, 0.3) is 10.9 Å². The van der Waals surface area contributed by atoms with Gasteiger partial charge in [0.05, 0.1) is 25.9 Å². The Bertz CT molecular complexity index is 1130. The van der Waals surface area contributed by atoms with Gasteiger partial charge in [0.1, 0.15) is 0 Å². The molecular weight excluding hydrogens is 424 g/mol. The van der Waals surface area contributed by atoms with Gasteiger partial charge in [-0.3, -0.25) is 14.2 Å². The fraction of sp³-hybridized carbons (Fsp3) is 0.318. The Morgan fingerprint density at radius 2 is 2.07 bits per heavy atom. The van der Waals surface area contributed by atoms with E-state index in [2.05, 4.69) is 6.08 Å². The summed E-state index contributed by atoms with van der Waals surface area (Å²) in [7, 11) is 0. The van der Waals surface area contributed by atoms with E-state index >= 15 is 0 Å². The predicted octanol–water partition coefficient (Wildman–Crippen LogP) is 5.98. The molecule has 0 N–H and O–H groups in total. The molecule has 0 bridgehead atoms. The molecule has 0 saturated heterocycles. The first-order valence-electron chi connectivity index (χ1n) is 9.70. The number of aromatic nitrogens is 2. The number of allylic oxidation sites excluding steroid dienone is 2. The molecule has 3 aromatic rings. The lowest BCUT2D eigenvalue weighted by Gasteiger charge is -2.16. The zero-order valence-corrected chi connectivity index (χ0v) is 18.3. The van der Waals surface area contributed by atoms with Crippen molar-refractivity contribution in [2.24, 2.45) is 0 Å². The number of nitrogens with zero attached hydrogens (tertiary/aromatic N) is 2. The molecule has 29 heavy (non-hydrogen) atoms. The molecule has 1 aromatic carbocycles. The van der Waals surface area contributed by atoms with E-state index in [9.17, 15) is 9.59 Å². The number of Topliss-reactive ketones (excluding diaryl/α,β-unsaturated/α-hetero) is 1. The zero-order chi connectivity index (χ0) is 20.2. The maximum atomic E-state index is 13.1. The molecule has 7 heteroatoms. The van der Waals surface area contributed by atoms with E-state index in [-0.39, 0.29) is 17.1 Å². The van der Waals surface area contributed by atoms with Crippen molar-refractivity contribution in [1.82, 2.24) is 9.55 Å². The number of fused-ring (bicyclic) bond motifs is 1. The minimum Gasteiger partial charge on any atom is -0.292 e. The van der Waals surface area contributed by atoms with Crippen molar-refractivity contribution in [3.63, 3.8) is 0 Å². The van der Waals surface area contributed by atoms with Gasteiger partial charge in [-0.25, -0.2) is 4.98 Å². The van der Waals surface area contributed by atoms with Gasteiger partial charge in [0.15, 0.2) is 10.9 Å². The van der Waals surface area contributed by atoms with Crippen LogP contribution in [0.15, 0.2) is 58.0 Å². The van der Waals surface area contributed by atoms with Crippen molar-refractivity contribution >= 4 is 51.4 Å². The van der Waals surface area contributed by atoms with Gasteiger partial charge in [-0.05, 0) is 56.4 Å². The van der Waals surface area contributed by atoms with Crippen LogP contribution in [0.1, 0.15) is 41.8 Å². The fourth-order valence-electron chi connectivity index (χ4n) is 3.51. The van der Waals surface area contributed by atoms with Gasteiger partial charge in [0.2, 0.25) is 0 Å². The molecule has 0 radical (unpaired) electrons. The summed E-state index contributed by atoms with van der Waals surface area (Å²) in [5, 5.41) is 1.21. The number of thioether (sulfide) groups is 1. The van der Waals surface area contributed by atoms with Crippen LogP contribution >= 0.6 is 34.7 Å². The monoisotopic (exact) mass is 444 g/mol. The molecule has 0 spiro atoms. The number of para-hydroxylation sites is 1. The number of hydrogen-bond acceptors (Lipinski definition) is 5. The van der Waals surface area contributed by atoms with E-state index in [1.807, 2.05) is 24.3 Å². The molecule has 2 heterocycles. The SMILES string of the molecule is O=C(CSc1nc2ccccc2c(=O)n1CCC1=CCCCC1)c1ccc(Cl)s1. The molecule has 0 aliphatic heterocycles.